The first-order chi connectivity index (χ1) is 37.5. The molecule has 0 heterocycles. The molecule has 0 saturated carbocycles. The summed E-state index contributed by atoms with van der Waals surface area (Å²) >= 11 is 0. The molecule has 0 rings (SSSR count). The van der Waals surface area contributed by atoms with Gasteiger partial charge in [-0.3, -0.25) is 9.59 Å². The first-order valence-corrected chi connectivity index (χ1v) is 34.6. The maximum atomic E-state index is 12.5. The van der Waals surface area contributed by atoms with Crippen molar-refractivity contribution in [2.24, 2.45) is 0 Å². The molecule has 76 heavy (non-hydrogen) atoms. The predicted molar refractivity (Wildman–Crippen MR) is 333 cm³/mol. The fourth-order valence-corrected chi connectivity index (χ4v) is 10.9. The lowest BCUT2D eigenvalue weighted by molar-refractivity contribution is -0.143. The molecule has 0 aliphatic rings. The zero-order chi connectivity index (χ0) is 55.0. The molecule has 0 aromatic carbocycles. The van der Waals surface area contributed by atoms with E-state index in [1.54, 1.807) is 6.08 Å². The van der Waals surface area contributed by atoms with Crippen LogP contribution in [0.1, 0.15) is 386 Å². The molecule has 0 fully saturated rings. The summed E-state index contributed by atoms with van der Waals surface area (Å²) in [5.41, 5.74) is 0. The number of aliphatic hydroxyl groups excluding tert-OH is 2. The summed E-state index contributed by atoms with van der Waals surface area (Å²) in [5, 5.41) is 23.1. The van der Waals surface area contributed by atoms with E-state index in [4.69, 9.17) is 4.74 Å². The van der Waals surface area contributed by atoms with Crippen LogP contribution in [-0.2, 0) is 14.3 Å². The Morgan fingerprint density at radius 3 is 0.934 bits per heavy atom. The number of hydrogen-bond donors (Lipinski definition) is 3. The van der Waals surface area contributed by atoms with Gasteiger partial charge >= 0.3 is 5.97 Å². The molecule has 0 aliphatic carbocycles. The van der Waals surface area contributed by atoms with Crippen molar-refractivity contribution in [1.29, 1.82) is 0 Å². The predicted octanol–water partition coefficient (Wildman–Crippen LogP) is 22.1. The maximum absolute atomic E-state index is 12.5. The van der Waals surface area contributed by atoms with Gasteiger partial charge in [-0.05, 0) is 57.8 Å². The molecule has 0 radical (unpaired) electrons. The van der Waals surface area contributed by atoms with Gasteiger partial charge in [0.1, 0.15) is 0 Å². The molecular weight excluding hydrogens is 935 g/mol. The molecule has 0 bridgehead atoms. The second kappa shape index (κ2) is 65.9. The second-order valence-electron chi connectivity index (χ2n) is 23.9. The van der Waals surface area contributed by atoms with Crippen molar-refractivity contribution in [3.8, 4) is 0 Å². The molecule has 3 N–H and O–H groups in total. The van der Waals surface area contributed by atoms with Crippen LogP contribution in [0.3, 0.4) is 0 Å². The van der Waals surface area contributed by atoms with Crippen molar-refractivity contribution in [3.05, 3.63) is 24.3 Å². The number of carbonyl (C=O) groups is 2. The number of allylic oxidation sites excluding steroid dienone is 3. The number of nitrogens with one attached hydrogen (secondary N) is 1. The lowest BCUT2D eigenvalue weighted by Gasteiger charge is -2.20. The third kappa shape index (κ3) is 61.6. The van der Waals surface area contributed by atoms with Gasteiger partial charge in [0.05, 0.1) is 25.4 Å². The first-order valence-electron chi connectivity index (χ1n) is 34.6. The largest absolute Gasteiger partial charge is 0.466 e. The summed E-state index contributed by atoms with van der Waals surface area (Å²) < 4.78 is 5.49. The molecule has 450 valence electrons. The van der Waals surface area contributed by atoms with E-state index < -0.39 is 12.1 Å². The average molecular weight is 1070 g/mol. The number of amides is 1. The van der Waals surface area contributed by atoms with Crippen LogP contribution in [0.4, 0.5) is 0 Å². The highest BCUT2D eigenvalue weighted by atomic mass is 16.5. The zero-order valence-corrected chi connectivity index (χ0v) is 51.5. The number of esters is 1. The number of rotatable bonds is 65. The van der Waals surface area contributed by atoms with Gasteiger partial charge in [0.15, 0.2) is 0 Å². The van der Waals surface area contributed by atoms with Crippen LogP contribution in [0.2, 0.25) is 0 Å². The highest BCUT2D eigenvalue weighted by molar-refractivity contribution is 5.76. The SMILES string of the molecule is CCCCCCCC/C=C\CCCCCCCC(=O)OCCCCCCCCCCCCCCCCCCCCCCCCCCCCCCCCCC(=O)NC(CO)C(O)/C=C/CCCCCCCCCCCCC. The van der Waals surface area contributed by atoms with Crippen LogP contribution >= 0.6 is 0 Å². The third-order valence-electron chi connectivity index (χ3n) is 16.2. The summed E-state index contributed by atoms with van der Waals surface area (Å²) in [6.45, 7) is 4.92. The number of unbranched alkanes of at least 4 members (excludes halogenated alkanes) is 52. The topological polar surface area (TPSA) is 95.9 Å². The van der Waals surface area contributed by atoms with Crippen molar-refractivity contribution in [1.82, 2.24) is 5.32 Å². The Bertz CT molecular complexity index is 1190. The van der Waals surface area contributed by atoms with E-state index in [0.717, 1.165) is 44.9 Å². The molecule has 0 aliphatic heterocycles. The number of carbonyl (C=O) groups excluding carboxylic acids is 2. The van der Waals surface area contributed by atoms with E-state index in [0.29, 0.717) is 19.4 Å². The molecule has 1 amide bonds. The lowest BCUT2D eigenvalue weighted by atomic mass is 10.0. The minimum absolute atomic E-state index is 0.0129. The van der Waals surface area contributed by atoms with Crippen molar-refractivity contribution < 1.29 is 24.5 Å². The van der Waals surface area contributed by atoms with Crippen molar-refractivity contribution in [2.45, 2.75) is 398 Å². The van der Waals surface area contributed by atoms with Crippen LogP contribution in [0.5, 0.6) is 0 Å². The normalized spacial score (nSPS) is 12.6. The van der Waals surface area contributed by atoms with E-state index in [1.165, 1.54) is 315 Å². The van der Waals surface area contributed by atoms with Gasteiger partial charge in [-0.15, -0.1) is 0 Å². The minimum atomic E-state index is -0.840. The fourth-order valence-electron chi connectivity index (χ4n) is 10.9. The minimum Gasteiger partial charge on any atom is -0.466 e. The lowest BCUT2D eigenvalue weighted by Crippen LogP contribution is -2.45. The Morgan fingerprint density at radius 1 is 0.355 bits per heavy atom. The Balaban J connectivity index is 3.32. The van der Waals surface area contributed by atoms with Crippen LogP contribution in [-0.4, -0.2) is 47.4 Å². The summed E-state index contributed by atoms with van der Waals surface area (Å²) in [6.07, 6.45) is 82.6. The van der Waals surface area contributed by atoms with Gasteiger partial charge in [-0.25, -0.2) is 0 Å². The molecule has 0 saturated heterocycles. The van der Waals surface area contributed by atoms with Crippen LogP contribution in [0.15, 0.2) is 24.3 Å². The average Bonchev–Trinajstić information content (AvgIpc) is 3.42. The summed E-state index contributed by atoms with van der Waals surface area (Å²) in [6, 6.07) is -0.623. The van der Waals surface area contributed by atoms with E-state index in [1.807, 2.05) is 6.08 Å². The Labute approximate surface area is 475 Å². The maximum Gasteiger partial charge on any atom is 0.305 e. The fraction of sp³-hybridized carbons (Fsp3) is 0.914. The third-order valence-corrected chi connectivity index (χ3v) is 16.2. The van der Waals surface area contributed by atoms with E-state index in [2.05, 4.69) is 31.3 Å². The smallest absolute Gasteiger partial charge is 0.305 e. The molecule has 6 nitrogen and oxygen atoms in total. The van der Waals surface area contributed by atoms with Gasteiger partial charge in [-0.1, -0.05) is 340 Å². The molecule has 0 aromatic rings. The van der Waals surface area contributed by atoms with Gasteiger partial charge in [0.25, 0.3) is 0 Å². The monoisotopic (exact) mass is 1070 g/mol. The Hall–Kier alpha value is -1.66. The molecule has 2 atom stereocenters. The summed E-state index contributed by atoms with van der Waals surface area (Å²) in [7, 11) is 0. The van der Waals surface area contributed by atoms with Crippen LogP contribution in [0, 0.1) is 0 Å². The molecule has 2 unspecified atom stereocenters. The molecular formula is C70H135NO5. The Morgan fingerprint density at radius 2 is 0.618 bits per heavy atom. The van der Waals surface area contributed by atoms with E-state index >= 15 is 0 Å². The van der Waals surface area contributed by atoms with Gasteiger partial charge in [0.2, 0.25) is 5.91 Å². The van der Waals surface area contributed by atoms with Gasteiger partial charge in [-0.2, -0.15) is 0 Å². The zero-order valence-electron chi connectivity index (χ0n) is 51.5. The van der Waals surface area contributed by atoms with Crippen LogP contribution in [0.25, 0.3) is 0 Å². The van der Waals surface area contributed by atoms with Crippen molar-refractivity contribution in [3.63, 3.8) is 0 Å². The van der Waals surface area contributed by atoms with E-state index in [-0.39, 0.29) is 18.5 Å². The quantitative estimate of drug-likeness (QED) is 0.0320. The summed E-state index contributed by atoms with van der Waals surface area (Å²) in [5.74, 6) is -0.0494. The second-order valence-corrected chi connectivity index (χ2v) is 23.9. The van der Waals surface area contributed by atoms with Crippen molar-refractivity contribution in [2.75, 3.05) is 13.2 Å². The van der Waals surface area contributed by atoms with Crippen molar-refractivity contribution >= 4 is 11.9 Å². The highest BCUT2D eigenvalue weighted by Gasteiger charge is 2.18. The summed E-state index contributed by atoms with van der Waals surface area (Å²) in [4.78, 5) is 24.5. The number of aliphatic hydroxyl groups is 2. The van der Waals surface area contributed by atoms with Gasteiger partial charge < -0.3 is 20.3 Å². The van der Waals surface area contributed by atoms with Crippen LogP contribution < -0.4 is 5.32 Å². The number of ether oxygens (including phenoxy) is 1. The standard InChI is InChI=1S/C70H135NO5/c1-3-5-7-9-11-13-15-17-35-40-44-48-52-56-60-64-70(75)76-65-61-57-53-49-45-41-37-34-32-30-28-26-24-22-20-18-19-21-23-25-27-29-31-33-36-39-43-47-51-55-59-63-69(74)71-67(66-72)68(73)62-58-54-50-46-42-38-16-14-12-10-8-6-4-2/h17,35,58,62,67-68,72-73H,3-16,18-34,36-57,59-61,63-66H2,1-2H3,(H,71,74)/b35-17-,62-58+. The van der Waals surface area contributed by atoms with E-state index in [9.17, 15) is 19.8 Å². The number of hydrogen-bond acceptors (Lipinski definition) is 5. The highest BCUT2D eigenvalue weighted by Crippen LogP contribution is 2.19. The Kier molecular flexibility index (Phi) is 64.4. The molecule has 0 spiro atoms. The molecule has 6 heteroatoms. The molecule has 0 aromatic heterocycles. The van der Waals surface area contributed by atoms with Gasteiger partial charge in [0, 0.05) is 12.8 Å². The first kappa shape index (κ1) is 74.3.